The predicted molar refractivity (Wildman–Crippen MR) is 4.82 cm³/mol. The van der Waals surface area contributed by atoms with Crippen LogP contribution in [0.3, 0.4) is 0 Å². The zero-order valence-corrected chi connectivity index (χ0v) is 3.29. The van der Waals surface area contributed by atoms with Gasteiger partial charge in [-0.3, -0.25) is 0 Å². The summed E-state index contributed by atoms with van der Waals surface area (Å²) < 4.78 is 9.35. The molecule has 0 aromatic heterocycles. The van der Waals surface area contributed by atoms with Crippen molar-refractivity contribution in [1.29, 1.82) is 0 Å². The SMILES string of the molecule is OOF.[Ti]. The van der Waals surface area contributed by atoms with Crippen LogP contribution < -0.4 is 0 Å². The predicted octanol–water partition coefficient (Wildman–Crippen LogP) is 0.358. The summed E-state index contributed by atoms with van der Waals surface area (Å²) in [7, 11) is 0. The fourth-order valence-electron chi connectivity index (χ4n) is 0. The molecule has 0 radical (unpaired) electrons. The summed E-state index contributed by atoms with van der Waals surface area (Å²) in [5.41, 5.74) is 0. The van der Waals surface area contributed by atoms with Crippen LogP contribution in [-0.2, 0) is 26.8 Å². The Labute approximate surface area is 37.3 Å². The van der Waals surface area contributed by atoms with Gasteiger partial charge in [0.1, 0.15) is 0 Å². The topological polar surface area (TPSA) is 29.5 Å². The smallest absolute Gasteiger partial charge is 0 e. The van der Waals surface area contributed by atoms with Crippen LogP contribution in [0.2, 0.25) is 0 Å². The zero-order valence-electron chi connectivity index (χ0n) is 1.73. The first kappa shape index (κ1) is 8.82. The minimum atomic E-state index is 0. The van der Waals surface area contributed by atoms with Crippen molar-refractivity contribution < 1.29 is 36.6 Å². The van der Waals surface area contributed by atoms with E-state index in [1.54, 1.807) is 5.09 Å². The van der Waals surface area contributed by atoms with Crippen LogP contribution in [0.5, 0.6) is 0 Å². The summed E-state index contributed by atoms with van der Waals surface area (Å²) in [4.78, 5) is 0. The Bertz CT molecular complexity index is 6.00. The van der Waals surface area contributed by atoms with Gasteiger partial charge < -0.3 is 0 Å². The van der Waals surface area contributed by atoms with E-state index in [1.165, 1.54) is 0 Å². The second-order valence-corrected chi connectivity index (χ2v) is 0.0690. The molecular weight excluding hydrogens is 98.9 g/mol. The van der Waals surface area contributed by atoms with Crippen molar-refractivity contribution in [2.24, 2.45) is 0 Å². The third-order valence-electron chi connectivity index (χ3n) is 0. The molecule has 0 spiro atoms. The normalized spacial score (nSPS) is 4.50. The molecule has 2 nitrogen and oxygen atoms in total. The van der Waals surface area contributed by atoms with E-state index in [2.05, 4.69) is 0 Å². The van der Waals surface area contributed by atoms with Gasteiger partial charge in [0.25, 0.3) is 0 Å². The maximum atomic E-state index is 9.35. The van der Waals surface area contributed by atoms with Crippen LogP contribution in [0.25, 0.3) is 0 Å². The summed E-state index contributed by atoms with van der Waals surface area (Å²) in [6.07, 6.45) is 0. The molecule has 0 unspecified atom stereocenters. The average molecular weight is 99.9 g/mol. The second kappa shape index (κ2) is 9.58. The Morgan fingerprint density at radius 3 is 1.75 bits per heavy atom. The molecule has 4 heavy (non-hydrogen) atoms. The van der Waals surface area contributed by atoms with Gasteiger partial charge in [0.05, 0.1) is 0 Å². The van der Waals surface area contributed by atoms with Crippen molar-refractivity contribution in [2.75, 3.05) is 0 Å². The average Bonchev–Trinajstić information content (AvgIpc) is 0.918. The fraction of sp³-hybridized carbons (Fsp3) is 0. The minimum absolute atomic E-state index is 0. The molecule has 0 aromatic rings. The Hall–Kier alpha value is 0.564. The molecule has 4 heteroatoms. The van der Waals surface area contributed by atoms with E-state index >= 15 is 0 Å². The van der Waals surface area contributed by atoms with Crippen LogP contribution in [0.1, 0.15) is 0 Å². The summed E-state index contributed by atoms with van der Waals surface area (Å²) in [5, 5.41) is 8.15. The van der Waals surface area contributed by atoms with Crippen LogP contribution in [-0.4, -0.2) is 5.26 Å². The van der Waals surface area contributed by atoms with E-state index in [4.69, 9.17) is 5.26 Å². The Balaban J connectivity index is 0. The van der Waals surface area contributed by atoms with E-state index in [9.17, 15) is 4.53 Å². The molecule has 0 saturated carbocycles. The van der Waals surface area contributed by atoms with E-state index in [1.807, 2.05) is 0 Å². The van der Waals surface area contributed by atoms with E-state index in [0.29, 0.717) is 0 Å². The molecule has 1 N–H and O–H groups in total. The molecule has 0 heterocycles. The van der Waals surface area contributed by atoms with Gasteiger partial charge in [-0.2, -0.15) is 0 Å². The number of rotatable bonds is 0. The van der Waals surface area contributed by atoms with Crippen LogP contribution in [0.4, 0.5) is 4.53 Å². The molecule has 0 aliphatic rings. The summed E-state index contributed by atoms with van der Waals surface area (Å²) in [5.74, 6) is 0. The molecule has 0 aliphatic carbocycles. The van der Waals surface area contributed by atoms with Crippen LogP contribution in [0, 0.1) is 0 Å². The van der Waals surface area contributed by atoms with Crippen LogP contribution in [0.15, 0.2) is 0 Å². The maximum absolute atomic E-state index is 9.35. The number of hydrogen-bond acceptors (Lipinski definition) is 2. The van der Waals surface area contributed by atoms with Crippen molar-refractivity contribution >= 4 is 0 Å². The summed E-state index contributed by atoms with van der Waals surface area (Å²) >= 11 is 0. The first-order valence-electron chi connectivity index (χ1n) is 0.337. The molecule has 0 fully saturated rings. The van der Waals surface area contributed by atoms with Crippen molar-refractivity contribution in [1.82, 2.24) is 0 Å². The molecule has 0 aliphatic heterocycles. The summed E-state index contributed by atoms with van der Waals surface area (Å²) in [6.45, 7) is 0. The Morgan fingerprint density at radius 1 is 1.75 bits per heavy atom. The van der Waals surface area contributed by atoms with Gasteiger partial charge in [0, 0.05) is 21.7 Å². The van der Waals surface area contributed by atoms with E-state index < -0.39 is 0 Å². The first-order valence-corrected chi connectivity index (χ1v) is 0.337. The second-order valence-electron chi connectivity index (χ2n) is 0.0690. The Kier molecular flexibility index (Phi) is 21.1. The third kappa shape index (κ3) is 19.7. The molecule has 0 amide bonds. The van der Waals surface area contributed by atoms with Gasteiger partial charge in [0.2, 0.25) is 0 Å². The van der Waals surface area contributed by atoms with Crippen molar-refractivity contribution in [3.63, 3.8) is 0 Å². The van der Waals surface area contributed by atoms with Gasteiger partial charge in [-0.1, -0.05) is 0 Å². The molecular formula is HFO2Ti. The number of hydrogen-bond donors (Lipinski definition) is 1. The molecule has 24 valence electrons. The quantitative estimate of drug-likeness (QED) is 0.270. The monoisotopic (exact) mass is 99.9 g/mol. The van der Waals surface area contributed by atoms with Gasteiger partial charge in [-0.15, -0.1) is 0 Å². The standard InChI is InChI=1S/FHO2.Ti/c1-3-2;/h2H;. The molecule has 0 bridgehead atoms. The van der Waals surface area contributed by atoms with Crippen molar-refractivity contribution in [3.8, 4) is 0 Å². The number of halogens is 1. The summed E-state index contributed by atoms with van der Waals surface area (Å²) in [6, 6.07) is 0. The Morgan fingerprint density at radius 2 is 1.75 bits per heavy atom. The van der Waals surface area contributed by atoms with Gasteiger partial charge in [-0.25, -0.2) is 5.26 Å². The van der Waals surface area contributed by atoms with Crippen molar-refractivity contribution in [2.45, 2.75) is 0 Å². The van der Waals surface area contributed by atoms with Gasteiger partial charge in [-0.05, 0) is 9.62 Å². The maximum Gasteiger partial charge on any atom is 0 e. The molecule has 0 atom stereocenters. The molecule has 0 saturated heterocycles. The van der Waals surface area contributed by atoms with Crippen LogP contribution >= 0.6 is 0 Å². The third-order valence-corrected chi connectivity index (χ3v) is 0. The largest absolute Gasteiger partial charge is 0.217 e. The fourth-order valence-corrected chi connectivity index (χ4v) is 0. The molecule has 0 rings (SSSR count). The van der Waals surface area contributed by atoms with E-state index in [-0.39, 0.29) is 21.7 Å². The van der Waals surface area contributed by atoms with E-state index in [0.717, 1.165) is 0 Å². The zero-order chi connectivity index (χ0) is 2.71. The first-order chi connectivity index (χ1) is 1.41. The van der Waals surface area contributed by atoms with Gasteiger partial charge >= 0.3 is 0 Å². The van der Waals surface area contributed by atoms with Crippen molar-refractivity contribution in [3.05, 3.63) is 0 Å². The van der Waals surface area contributed by atoms with Gasteiger partial charge in [0.15, 0.2) is 0 Å². The minimum Gasteiger partial charge on any atom is -0.217 e. The molecule has 0 aromatic carbocycles.